The van der Waals surface area contributed by atoms with E-state index in [9.17, 15) is 0 Å². The summed E-state index contributed by atoms with van der Waals surface area (Å²) < 4.78 is 5.19. The van der Waals surface area contributed by atoms with Crippen LogP contribution in [0, 0.1) is 0 Å². The van der Waals surface area contributed by atoms with Crippen LogP contribution in [0.25, 0.3) is 0 Å². The van der Waals surface area contributed by atoms with Crippen molar-refractivity contribution in [3.8, 4) is 5.75 Å². The number of piperidine rings is 1. The molecule has 1 heterocycles. The summed E-state index contributed by atoms with van der Waals surface area (Å²) in [6.07, 6.45) is 4.19. The lowest BCUT2D eigenvalue weighted by Gasteiger charge is -2.40. The fraction of sp³-hybridized carbons (Fsp3) is 0.533. The summed E-state index contributed by atoms with van der Waals surface area (Å²) in [6, 6.07) is 8.28. The molecule has 0 aliphatic carbocycles. The van der Waals surface area contributed by atoms with Crippen LogP contribution in [0.5, 0.6) is 5.75 Å². The molecule has 20 heavy (non-hydrogen) atoms. The molecule has 1 aliphatic heterocycles. The molecule has 0 radical (unpaired) electrons. The molecule has 0 saturated carbocycles. The van der Waals surface area contributed by atoms with Gasteiger partial charge in [0.25, 0.3) is 0 Å². The zero-order chi connectivity index (χ0) is 14.6. The van der Waals surface area contributed by atoms with Crippen molar-refractivity contribution in [1.82, 2.24) is 4.90 Å². The average molecular weight is 310 g/mol. The number of thioether (sulfide) groups is 1. The van der Waals surface area contributed by atoms with Gasteiger partial charge >= 0.3 is 0 Å². The van der Waals surface area contributed by atoms with Crippen molar-refractivity contribution in [2.45, 2.75) is 24.1 Å². The minimum Gasteiger partial charge on any atom is -0.497 e. The van der Waals surface area contributed by atoms with Crippen LogP contribution in [0.2, 0.25) is 0 Å². The third-order valence-electron chi connectivity index (χ3n) is 4.07. The van der Waals surface area contributed by atoms with Gasteiger partial charge in [-0.05, 0) is 36.8 Å². The molecule has 2 rings (SSSR count). The lowest BCUT2D eigenvalue weighted by atomic mass is 9.95. The first-order valence-corrected chi connectivity index (χ1v) is 8.43. The number of ether oxygens (including phenoxy) is 1. The summed E-state index contributed by atoms with van der Waals surface area (Å²) >= 11 is 7.05. The molecule has 0 amide bonds. The van der Waals surface area contributed by atoms with Gasteiger partial charge in [0.05, 0.1) is 16.8 Å². The maximum absolute atomic E-state index is 5.92. The second kappa shape index (κ2) is 6.78. The number of benzene rings is 1. The van der Waals surface area contributed by atoms with Crippen molar-refractivity contribution in [2.24, 2.45) is 5.73 Å². The first-order chi connectivity index (χ1) is 9.59. The highest BCUT2D eigenvalue weighted by Gasteiger charge is 2.36. The second-order valence-corrected chi connectivity index (χ2v) is 6.82. The van der Waals surface area contributed by atoms with Crippen molar-refractivity contribution in [2.75, 3.05) is 26.5 Å². The Hall–Kier alpha value is -0.780. The van der Waals surface area contributed by atoms with Gasteiger partial charge in [0, 0.05) is 19.6 Å². The molecular weight excluding hydrogens is 288 g/mol. The number of rotatable bonds is 5. The largest absolute Gasteiger partial charge is 0.497 e. The summed E-state index contributed by atoms with van der Waals surface area (Å²) in [6.45, 7) is 3.07. The molecule has 1 aliphatic rings. The van der Waals surface area contributed by atoms with Crippen LogP contribution in [-0.2, 0) is 6.54 Å². The molecule has 5 heteroatoms. The van der Waals surface area contributed by atoms with Gasteiger partial charge in [-0.2, -0.15) is 11.8 Å². The van der Waals surface area contributed by atoms with E-state index in [0.717, 1.165) is 38.2 Å². The molecule has 0 unspecified atom stereocenters. The van der Waals surface area contributed by atoms with E-state index in [-0.39, 0.29) is 4.75 Å². The van der Waals surface area contributed by atoms with Gasteiger partial charge in [-0.3, -0.25) is 4.90 Å². The molecule has 1 fully saturated rings. The number of hydrogen-bond acceptors (Lipinski definition) is 4. The minimum absolute atomic E-state index is 0.00570. The Morgan fingerprint density at radius 3 is 2.40 bits per heavy atom. The molecule has 2 N–H and O–H groups in total. The Morgan fingerprint density at radius 1 is 1.35 bits per heavy atom. The molecule has 1 aromatic rings. The first kappa shape index (κ1) is 15.6. The fourth-order valence-corrected chi connectivity index (χ4v) is 3.86. The quantitative estimate of drug-likeness (QED) is 0.847. The van der Waals surface area contributed by atoms with Crippen LogP contribution in [0.15, 0.2) is 24.3 Å². The number of nitrogens with two attached hydrogens (primary N) is 1. The molecule has 3 nitrogen and oxygen atoms in total. The van der Waals surface area contributed by atoms with Crippen LogP contribution in [0.1, 0.15) is 18.4 Å². The number of likely N-dealkylation sites (tertiary alicyclic amines) is 1. The third kappa shape index (κ3) is 3.45. The van der Waals surface area contributed by atoms with Gasteiger partial charge < -0.3 is 10.5 Å². The Kier molecular flexibility index (Phi) is 5.29. The van der Waals surface area contributed by atoms with Crippen molar-refractivity contribution < 1.29 is 4.74 Å². The maximum Gasteiger partial charge on any atom is 0.118 e. The van der Waals surface area contributed by atoms with E-state index in [4.69, 9.17) is 22.7 Å². The smallest absolute Gasteiger partial charge is 0.118 e. The zero-order valence-electron chi connectivity index (χ0n) is 12.1. The molecule has 0 spiro atoms. The van der Waals surface area contributed by atoms with Crippen molar-refractivity contribution in [3.05, 3.63) is 29.8 Å². The lowest BCUT2D eigenvalue weighted by Crippen LogP contribution is -2.48. The van der Waals surface area contributed by atoms with Gasteiger partial charge in [-0.1, -0.05) is 24.4 Å². The Labute approximate surface area is 130 Å². The monoisotopic (exact) mass is 310 g/mol. The highest BCUT2D eigenvalue weighted by atomic mass is 32.2. The molecule has 0 aromatic heterocycles. The number of nitrogens with zero attached hydrogens (tertiary/aromatic N) is 1. The van der Waals surface area contributed by atoms with Gasteiger partial charge in [0.15, 0.2) is 0 Å². The standard InChI is InChI=1S/C15H22N2OS2/c1-18-13-5-3-12(4-6-13)11-17-9-7-15(20-2,8-10-17)14(16)19/h3-6H,7-11H2,1-2H3,(H2,16,19). The summed E-state index contributed by atoms with van der Waals surface area (Å²) in [5.74, 6) is 0.905. The van der Waals surface area contributed by atoms with Crippen LogP contribution in [0.4, 0.5) is 0 Å². The molecule has 0 bridgehead atoms. The van der Waals surface area contributed by atoms with E-state index in [2.05, 4.69) is 23.3 Å². The maximum atomic E-state index is 5.92. The van der Waals surface area contributed by atoms with E-state index in [1.807, 2.05) is 12.1 Å². The van der Waals surface area contributed by atoms with E-state index >= 15 is 0 Å². The highest BCUT2D eigenvalue weighted by Crippen LogP contribution is 2.35. The minimum atomic E-state index is 0.00570. The van der Waals surface area contributed by atoms with Gasteiger partial charge in [-0.15, -0.1) is 0 Å². The third-order valence-corrected chi connectivity index (χ3v) is 6.00. The topological polar surface area (TPSA) is 38.5 Å². The van der Waals surface area contributed by atoms with Crippen molar-refractivity contribution >= 4 is 29.0 Å². The van der Waals surface area contributed by atoms with Crippen molar-refractivity contribution in [1.29, 1.82) is 0 Å². The van der Waals surface area contributed by atoms with Gasteiger partial charge in [0.1, 0.15) is 5.75 Å². The van der Waals surface area contributed by atoms with Crippen molar-refractivity contribution in [3.63, 3.8) is 0 Å². The number of thiocarbonyl (C=S) groups is 1. The lowest BCUT2D eigenvalue weighted by molar-refractivity contribution is 0.212. The fourth-order valence-electron chi connectivity index (χ4n) is 2.61. The van der Waals surface area contributed by atoms with Crippen LogP contribution in [-0.4, -0.2) is 41.1 Å². The molecular formula is C15H22N2OS2. The van der Waals surface area contributed by atoms with Gasteiger partial charge in [0.2, 0.25) is 0 Å². The molecule has 1 saturated heterocycles. The second-order valence-electron chi connectivity index (χ2n) is 5.19. The zero-order valence-corrected chi connectivity index (χ0v) is 13.7. The van der Waals surface area contributed by atoms with E-state index in [0.29, 0.717) is 4.99 Å². The predicted octanol–water partition coefficient (Wildman–Crippen LogP) is 2.68. The summed E-state index contributed by atoms with van der Waals surface area (Å²) in [7, 11) is 1.69. The normalized spacial score (nSPS) is 18.7. The van der Waals surface area contributed by atoms with Crippen LogP contribution < -0.4 is 10.5 Å². The highest BCUT2D eigenvalue weighted by molar-refractivity contribution is 8.02. The van der Waals surface area contributed by atoms with E-state index in [1.54, 1.807) is 18.9 Å². The SMILES string of the molecule is COc1ccc(CN2CCC(SC)(C(N)=S)CC2)cc1. The Morgan fingerprint density at radius 2 is 1.95 bits per heavy atom. The molecule has 0 atom stereocenters. The Bertz CT molecular complexity index is 453. The van der Waals surface area contributed by atoms with Gasteiger partial charge in [-0.25, -0.2) is 0 Å². The summed E-state index contributed by atoms with van der Waals surface area (Å²) in [4.78, 5) is 3.13. The molecule has 110 valence electrons. The summed E-state index contributed by atoms with van der Waals surface area (Å²) in [5, 5.41) is 0. The predicted molar refractivity (Wildman–Crippen MR) is 90.5 cm³/mol. The Balaban J connectivity index is 1.92. The van der Waals surface area contributed by atoms with Crippen LogP contribution >= 0.6 is 24.0 Å². The number of methoxy groups -OCH3 is 1. The summed E-state index contributed by atoms with van der Waals surface area (Å²) in [5.41, 5.74) is 7.24. The van der Waals surface area contributed by atoms with E-state index < -0.39 is 0 Å². The average Bonchev–Trinajstić information content (AvgIpc) is 2.49. The molecule has 1 aromatic carbocycles. The van der Waals surface area contributed by atoms with Crippen LogP contribution in [0.3, 0.4) is 0 Å². The number of hydrogen-bond donors (Lipinski definition) is 1. The van der Waals surface area contributed by atoms with E-state index in [1.165, 1.54) is 5.56 Å². The first-order valence-electron chi connectivity index (χ1n) is 6.80.